The van der Waals surface area contributed by atoms with Crippen LogP contribution in [0.5, 0.6) is 0 Å². The topological polar surface area (TPSA) is 21.3 Å². The summed E-state index contributed by atoms with van der Waals surface area (Å²) in [6.45, 7) is 16.9. The van der Waals surface area contributed by atoms with E-state index in [1.807, 2.05) is 0 Å². The molecule has 2 nitrogen and oxygen atoms in total. The summed E-state index contributed by atoms with van der Waals surface area (Å²) >= 11 is 0. The highest BCUT2D eigenvalue weighted by atomic mass is 16.5. The van der Waals surface area contributed by atoms with Crippen molar-refractivity contribution in [2.24, 2.45) is 0 Å². The predicted octanol–water partition coefficient (Wildman–Crippen LogP) is 4.47. The average Bonchev–Trinajstić information content (AvgIpc) is 2.41. The first-order valence-electron chi connectivity index (χ1n) is 7.84. The fraction of sp³-hybridized carbons (Fsp3) is 0.667. The zero-order valence-corrected chi connectivity index (χ0v) is 14.3. The fourth-order valence-corrected chi connectivity index (χ4v) is 2.87. The molecular weight excluding hydrogens is 246 g/mol. The molecule has 0 amide bonds. The van der Waals surface area contributed by atoms with Crippen molar-refractivity contribution in [3.8, 4) is 0 Å². The van der Waals surface area contributed by atoms with E-state index < -0.39 is 0 Å². The Kier molecular flexibility index (Phi) is 6.22. The number of nitrogens with one attached hydrogen (secondary N) is 1. The van der Waals surface area contributed by atoms with E-state index >= 15 is 0 Å². The molecule has 0 radical (unpaired) electrons. The fourth-order valence-electron chi connectivity index (χ4n) is 2.87. The lowest BCUT2D eigenvalue weighted by Gasteiger charge is -2.38. The molecule has 0 aromatic heterocycles. The molecule has 0 bridgehead atoms. The molecule has 20 heavy (non-hydrogen) atoms. The first-order chi connectivity index (χ1) is 9.39. The van der Waals surface area contributed by atoms with E-state index in [9.17, 15) is 0 Å². The summed E-state index contributed by atoms with van der Waals surface area (Å²) in [6.07, 6.45) is 0.991. The minimum Gasteiger partial charge on any atom is -0.374 e. The van der Waals surface area contributed by atoms with Crippen molar-refractivity contribution in [2.75, 3.05) is 13.2 Å². The second-order valence-corrected chi connectivity index (χ2v) is 5.88. The summed E-state index contributed by atoms with van der Waals surface area (Å²) in [5, 5.41) is 3.64. The standard InChI is InChI=1S/C18H31NO/c1-8-18(7,20-10-3)17(19-9-2)16-12-14(5)13(4)11-15(16)6/h11-12,17,19H,8-10H2,1-7H3. The van der Waals surface area contributed by atoms with Crippen LogP contribution in [0.4, 0.5) is 0 Å². The number of hydrogen-bond acceptors (Lipinski definition) is 2. The van der Waals surface area contributed by atoms with Crippen LogP contribution in [0.3, 0.4) is 0 Å². The van der Waals surface area contributed by atoms with Gasteiger partial charge in [0, 0.05) is 6.61 Å². The Morgan fingerprint density at radius 3 is 2.15 bits per heavy atom. The Hall–Kier alpha value is -0.860. The van der Waals surface area contributed by atoms with Crippen LogP contribution >= 0.6 is 0 Å². The highest BCUT2D eigenvalue weighted by molar-refractivity contribution is 5.39. The van der Waals surface area contributed by atoms with Gasteiger partial charge in [-0.05, 0) is 69.8 Å². The van der Waals surface area contributed by atoms with E-state index in [4.69, 9.17) is 4.74 Å². The molecule has 0 saturated heterocycles. The Balaban J connectivity index is 3.29. The van der Waals surface area contributed by atoms with Gasteiger partial charge in [-0.15, -0.1) is 0 Å². The van der Waals surface area contributed by atoms with Gasteiger partial charge in [0.1, 0.15) is 0 Å². The van der Waals surface area contributed by atoms with Gasteiger partial charge in [0.25, 0.3) is 0 Å². The van der Waals surface area contributed by atoms with Crippen molar-refractivity contribution in [3.05, 3.63) is 34.4 Å². The molecule has 0 aliphatic carbocycles. The monoisotopic (exact) mass is 277 g/mol. The average molecular weight is 277 g/mol. The molecule has 2 heteroatoms. The molecular formula is C18H31NO. The normalized spacial score (nSPS) is 15.9. The van der Waals surface area contributed by atoms with E-state index in [-0.39, 0.29) is 11.6 Å². The van der Waals surface area contributed by atoms with Crippen molar-refractivity contribution in [1.29, 1.82) is 0 Å². The second kappa shape index (κ2) is 7.24. The van der Waals surface area contributed by atoms with Gasteiger partial charge in [0.05, 0.1) is 11.6 Å². The zero-order valence-electron chi connectivity index (χ0n) is 14.3. The molecule has 0 aliphatic rings. The van der Waals surface area contributed by atoms with Crippen LogP contribution in [-0.2, 0) is 4.74 Å². The van der Waals surface area contributed by atoms with Crippen LogP contribution in [0.1, 0.15) is 62.4 Å². The Labute approximate surface area is 124 Å². The van der Waals surface area contributed by atoms with Gasteiger partial charge >= 0.3 is 0 Å². The molecule has 1 rings (SSSR count). The summed E-state index contributed by atoms with van der Waals surface area (Å²) in [5.74, 6) is 0. The molecule has 1 aromatic rings. The van der Waals surface area contributed by atoms with Crippen LogP contribution in [0.15, 0.2) is 12.1 Å². The summed E-state index contributed by atoms with van der Waals surface area (Å²) in [4.78, 5) is 0. The van der Waals surface area contributed by atoms with Crippen LogP contribution in [0, 0.1) is 20.8 Å². The maximum atomic E-state index is 6.11. The SMILES string of the molecule is CCNC(c1cc(C)c(C)cc1C)C(C)(CC)OCC. The number of benzene rings is 1. The Morgan fingerprint density at radius 2 is 1.65 bits per heavy atom. The third-order valence-electron chi connectivity index (χ3n) is 4.39. The highest BCUT2D eigenvalue weighted by Crippen LogP contribution is 2.34. The third kappa shape index (κ3) is 3.62. The molecule has 0 fully saturated rings. The molecule has 0 aliphatic heterocycles. The van der Waals surface area contributed by atoms with Gasteiger partial charge in [-0.25, -0.2) is 0 Å². The van der Waals surface area contributed by atoms with Crippen molar-refractivity contribution in [3.63, 3.8) is 0 Å². The van der Waals surface area contributed by atoms with E-state index in [2.05, 4.69) is 65.9 Å². The van der Waals surface area contributed by atoms with Crippen LogP contribution in [0.25, 0.3) is 0 Å². The van der Waals surface area contributed by atoms with E-state index in [0.717, 1.165) is 19.6 Å². The van der Waals surface area contributed by atoms with Crippen molar-refractivity contribution in [2.45, 2.75) is 66.5 Å². The second-order valence-electron chi connectivity index (χ2n) is 5.88. The molecule has 2 atom stereocenters. The lowest BCUT2D eigenvalue weighted by atomic mass is 9.84. The summed E-state index contributed by atoms with van der Waals surface area (Å²) in [5.41, 5.74) is 5.25. The van der Waals surface area contributed by atoms with Gasteiger partial charge in [0.2, 0.25) is 0 Å². The summed E-state index contributed by atoms with van der Waals surface area (Å²) in [7, 11) is 0. The maximum absolute atomic E-state index is 6.11. The number of rotatable bonds is 7. The van der Waals surface area contributed by atoms with Crippen molar-refractivity contribution in [1.82, 2.24) is 5.32 Å². The maximum Gasteiger partial charge on any atom is 0.0845 e. The highest BCUT2D eigenvalue weighted by Gasteiger charge is 2.34. The van der Waals surface area contributed by atoms with Gasteiger partial charge < -0.3 is 10.1 Å². The third-order valence-corrected chi connectivity index (χ3v) is 4.39. The predicted molar refractivity (Wildman–Crippen MR) is 87.4 cm³/mol. The summed E-state index contributed by atoms with van der Waals surface area (Å²) < 4.78 is 6.11. The summed E-state index contributed by atoms with van der Waals surface area (Å²) in [6, 6.07) is 4.85. The number of ether oxygens (including phenoxy) is 1. The van der Waals surface area contributed by atoms with Gasteiger partial charge in [-0.3, -0.25) is 0 Å². The first kappa shape index (κ1) is 17.2. The molecule has 1 aromatic carbocycles. The Bertz CT molecular complexity index is 441. The largest absolute Gasteiger partial charge is 0.374 e. The quantitative estimate of drug-likeness (QED) is 0.794. The molecule has 0 heterocycles. The van der Waals surface area contributed by atoms with Gasteiger partial charge in [-0.1, -0.05) is 26.0 Å². The van der Waals surface area contributed by atoms with Gasteiger partial charge in [-0.2, -0.15) is 0 Å². The van der Waals surface area contributed by atoms with Crippen molar-refractivity contribution >= 4 is 0 Å². The van der Waals surface area contributed by atoms with Gasteiger partial charge in [0.15, 0.2) is 0 Å². The molecule has 0 saturated carbocycles. The molecule has 2 unspecified atom stereocenters. The number of hydrogen-bond donors (Lipinski definition) is 1. The lowest BCUT2D eigenvalue weighted by Crippen LogP contribution is -2.44. The van der Waals surface area contributed by atoms with Crippen LogP contribution in [-0.4, -0.2) is 18.8 Å². The smallest absolute Gasteiger partial charge is 0.0845 e. The number of aryl methyl sites for hydroxylation is 3. The van der Waals surface area contributed by atoms with Crippen LogP contribution in [0.2, 0.25) is 0 Å². The van der Waals surface area contributed by atoms with Crippen LogP contribution < -0.4 is 5.32 Å². The molecule has 0 spiro atoms. The van der Waals surface area contributed by atoms with E-state index in [0.29, 0.717) is 0 Å². The zero-order chi connectivity index (χ0) is 15.3. The van der Waals surface area contributed by atoms with E-state index in [1.54, 1.807) is 0 Å². The first-order valence-corrected chi connectivity index (χ1v) is 7.84. The number of likely N-dealkylation sites (N-methyl/N-ethyl adjacent to an activating group) is 1. The molecule has 1 N–H and O–H groups in total. The van der Waals surface area contributed by atoms with Crippen molar-refractivity contribution < 1.29 is 4.74 Å². The molecule has 114 valence electrons. The lowest BCUT2D eigenvalue weighted by molar-refractivity contribution is -0.0561. The Morgan fingerprint density at radius 1 is 1.05 bits per heavy atom. The minimum atomic E-state index is -0.169. The minimum absolute atomic E-state index is 0.169. The van der Waals surface area contributed by atoms with E-state index in [1.165, 1.54) is 22.3 Å².